The number of hydrogen-bond donors (Lipinski definition) is 0. The Morgan fingerprint density at radius 3 is 2.21 bits per heavy atom. The molecule has 0 fully saturated rings. The molecule has 5 rings (SSSR count). The number of fused-ring (bicyclic) bond motifs is 1. The molecule has 1 aliphatic rings. The quantitative estimate of drug-likeness (QED) is 0.323. The first-order valence-corrected chi connectivity index (χ1v) is 12.3. The molecule has 0 saturated heterocycles. The van der Waals surface area contributed by atoms with Gasteiger partial charge in [-0.1, -0.05) is 41.6 Å². The zero-order valence-electron chi connectivity index (χ0n) is 22.1. The van der Waals surface area contributed by atoms with Crippen molar-refractivity contribution in [2.24, 2.45) is 0 Å². The lowest BCUT2D eigenvalue weighted by atomic mass is 9.86. The summed E-state index contributed by atoms with van der Waals surface area (Å²) in [5.74, 6) is 2.74. The van der Waals surface area contributed by atoms with Crippen LogP contribution < -0.4 is 18.9 Å². The zero-order chi connectivity index (χ0) is 26.8. The van der Waals surface area contributed by atoms with Crippen LogP contribution in [0.2, 0.25) is 0 Å². The molecule has 196 valence electrons. The van der Waals surface area contributed by atoms with Crippen molar-refractivity contribution in [3.8, 4) is 34.3 Å². The Morgan fingerprint density at radius 1 is 0.868 bits per heavy atom. The van der Waals surface area contributed by atoms with Crippen LogP contribution in [0.15, 0.2) is 65.2 Å². The molecule has 8 nitrogen and oxygen atoms in total. The second kappa shape index (κ2) is 10.5. The molecule has 1 unspecified atom stereocenters. The Hall–Kier alpha value is -4.46. The number of amides is 1. The van der Waals surface area contributed by atoms with Gasteiger partial charge in [-0.25, -0.2) is 0 Å². The minimum absolute atomic E-state index is 0.164. The standard InChI is InChI=1S/C30H30N2O6/c1-18-27(28(31-38-18)19-9-7-6-8-10-19)30(33)32-14-13-20-15-25(36-4)26(37-5)17-22(20)29(32)21-11-12-23(34-2)24(16-21)35-3/h6-12,15-17,29H,13-14H2,1-5H3. The van der Waals surface area contributed by atoms with Crippen LogP contribution in [-0.4, -0.2) is 50.9 Å². The van der Waals surface area contributed by atoms with Gasteiger partial charge in [-0.05, 0) is 54.3 Å². The van der Waals surface area contributed by atoms with Gasteiger partial charge in [-0.15, -0.1) is 0 Å². The third kappa shape index (κ3) is 4.32. The summed E-state index contributed by atoms with van der Waals surface area (Å²) in [6.07, 6.45) is 0.649. The van der Waals surface area contributed by atoms with Gasteiger partial charge >= 0.3 is 0 Å². The van der Waals surface area contributed by atoms with Crippen LogP contribution in [0.25, 0.3) is 11.3 Å². The maximum atomic E-state index is 14.3. The summed E-state index contributed by atoms with van der Waals surface area (Å²) < 4.78 is 27.8. The van der Waals surface area contributed by atoms with Crippen molar-refractivity contribution in [2.45, 2.75) is 19.4 Å². The summed E-state index contributed by atoms with van der Waals surface area (Å²) in [4.78, 5) is 16.2. The molecule has 1 aromatic heterocycles. The largest absolute Gasteiger partial charge is 0.493 e. The summed E-state index contributed by atoms with van der Waals surface area (Å²) >= 11 is 0. The molecule has 38 heavy (non-hydrogen) atoms. The van der Waals surface area contributed by atoms with E-state index >= 15 is 0 Å². The molecule has 0 spiro atoms. The number of carbonyl (C=O) groups is 1. The summed E-state index contributed by atoms with van der Waals surface area (Å²) in [5, 5.41) is 4.25. The van der Waals surface area contributed by atoms with Gasteiger partial charge in [0, 0.05) is 12.1 Å². The van der Waals surface area contributed by atoms with E-state index < -0.39 is 6.04 Å². The third-order valence-corrected chi connectivity index (χ3v) is 6.98. The van der Waals surface area contributed by atoms with Gasteiger partial charge < -0.3 is 28.4 Å². The van der Waals surface area contributed by atoms with Crippen LogP contribution in [0, 0.1) is 6.92 Å². The average molecular weight is 515 g/mol. The van der Waals surface area contributed by atoms with Crippen LogP contribution in [0.1, 0.15) is 38.9 Å². The van der Waals surface area contributed by atoms with Crippen molar-refractivity contribution in [3.63, 3.8) is 0 Å². The first-order chi connectivity index (χ1) is 18.5. The number of carbonyl (C=O) groups excluding carboxylic acids is 1. The van der Waals surface area contributed by atoms with E-state index in [4.69, 9.17) is 23.5 Å². The van der Waals surface area contributed by atoms with Gasteiger partial charge in [0.1, 0.15) is 17.0 Å². The van der Waals surface area contributed by atoms with Crippen LogP contribution in [0.5, 0.6) is 23.0 Å². The van der Waals surface area contributed by atoms with Crippen molar-refractivity contribution < 1.29 is 28.3 Å². The van der Waals surface area contributed by atoms with Crippen LogP contribution in [0.4, 0.5) is 0 Å². The molecule has 8 heteroatoms. The first-order valence-electron chi connectivity index (χ1n) is 12.3. The summed E-state index contributed by atoms with van der Waals surface area (Å²) in [7, 11) is 6.42. The summed E-state index contributed by atoms with van der Waals surface area (Å²) in [5.41, 5.74) is 4.70. The van der Waals surface area contributed by atoms with Gasteiger partial charge in [0.15, 0.2) is 23.0 Å². The highest BCUT2D eigenvalue weighted by molar-refractivity contribution is 6.01. The minimum Gasteiger partial charge on any atom is -0.493 e. The second-order valence-corrected chi connectivity index (χ2v) is 9.00. The summed E-state index contributed by atoms with van der Waals surface area (Å²) in [6.45, 7) is 2.25. The Kier molecular flexibility index (Phi) is 6.96. The lowest BCUT2D eigenvalue weighted by molar-refractivity contribution is 0.0693. The maximum Gasteiger partial charge on any atom is 0.260 e. The topological polar surface area (TPSA) is 83.3 Å². The van der Waals surface area contributed by atoms with E-state index in [1.54, 1.807) is 35.4 Å². The maximum absolute atomic E-state index is 14.3. The highest BCUT2D eigenvalue weighted by Crippen LogP contribution is 2.44. The van der Waals surface area contributed by atoms with Crippen molar-refractivity contribution >= 4 is 5.91 Å². The molecular weight excluding hydrogens is 484 g/mol. The number of hydrogen-bond acceptors (Lipinski definition) is 7. The average Bonchev–Trinajstić information content (AvgIpc) is 3.36. The van der Waals surface area contributed by atoms with E-state index in [0.717, 1.165) is 22.3 Å². The van der Waals surface area contributed by atoms with Gasteiger partial charge in [0.05, 0.1) is 34.5 Å². The third-order valence-electron chi connectivity index (χ3n) is 6.98. The van der Waals surface area contributed by atoms with Crippen LogP contribution >= 0.6 is 0 Å². The number of rotatable bonds is 7. The normalized spacial score (nSPS) is 14.6. The van der Waals surface area contributed by atoms with Crippen molar-refractivity contribution in [2.75, 3.05) is 35.0 Å². The number of nitrogens with zero attached hydrogens (tertiary/aromatic N) is 2. The van der Waals surface area contributed by atoms with Crippen molar-refractivity contribution in [3.05, 3.63) is 88.7 Å². The molecule has 0 bridgehead atoms. The van der Waals surface area contributed by atoms with Gasteiger partial charge in [-0.3, -0.25) is 4.79 Å². The van der Waals surface area contributed by atoms with E-state index in [9.17, 15) is 4.79 Å². The molecular formula is C30H30N2O6. The first kappa shape index (κ1) is 25.2. The molecule has 0 radical (unpaired) electrons. The Morgan fingerprint density at radius 2 is 1.53 bits per heavy atom. The Balaban J connectivity index is 1.68. The zero-order valence-corrected chi connectivity index (χ0v) is 22.1. The smallest absolute Gasteiger partial charge is 0.260 e. The van der Waals surface area contributed by atoms with Crippen LogP contribution in [0.3, 0.4) is 0 Å². The van der Waals surface area contributed by atoms with E-state index in [0.29, 0.717) is 53.0 Å². The van der Waals surface area contributed by atoms with Gasteiger partial charge in [0.2, 0.25) is 0 Å². The van der Waals surface area contributed by atoms with E-state index in [1.165, 1.54) is 0 Å². The monoisotopic (exact) mass is 514 g/mol. The predicted octanol–water partition coefficient (Wildman–Crippen LogP) is 5.47. The number of ether oxygens (including phenoxy) is 4. The fourth-order valence-electron chi connectivity index (χ4n) is 5.11. The number of aryl methyl sites for hydroxylation is 1. The minimum atomic E-state index is -0.427. The van der Waals surface area contributed by atoms with Gasteiger partial charge in [0.25, 0.3) is 5.91 Å². The molecule has 0 N–H and O–H groups in total. The fraction of sp³-hybridized carbons (Fsp3) is 0.267. The Bertz CT molecular complexity index is 1460. The van der Waals surface area contributed by atoms with E-state index in [1.807, 2.05) is 65.6 Å². The van der Waals surface area contributed by atoms with Crippen molar-refractivity contribution in [1.82, 2.24) is 10.1 Å². The lowest BCUT2D eigenvalue weighted by Gasteiger charge is -2.38. The molecule has 2 heterocycles. The number of benzene rings is 3. The van der Waals surface area contributed by atoms with Gasteiger partial charge in [-0.2, -0.15) is 0 Å². The lowest BCUT2D eigenvalue weighted by Crippen LogP contribution is -2.41. The fourth-order valence-corrected chi connectivity index (χ4v) is 5.11. The van der Waals surface area contributed by atoms with E-state index in [2.05, 4.69) is 5.16 Å². The Labute approximate surface area is 221 Å². The molecule has 3 aromatic carbocycles. The molecule has 4 aromatic rings. The highest BCUT2D eigenvalue weighted by atomic mass is 16.5. The molecule has 0 saturated carbocycles. The SMILES string of the molecule is COc1ccc(C2c3cc(OC)c(OC)cc3CCN2C(=O)c2c(-c3ccccc3)noc2C)cc1OC. The molecule has 1 amide bonds. The highest BCUT2D eigenvalue weighted by Gasteiger charge is 2.37. The van der Waals surface area contributed by atoms with E-state index in [-0.39, 0.29) is 5.91 Å². The predicted molar refractivity (Wildman–Crippen MR) is 142 cm³/mol. The van der Waals surface area contributed by atoms with Crippen molar-refractivity contribution in [1.29, 1.82) is 0 Å². The summed E-state index contributed by atoms with van der Waals surface area (Å²) in [6, 6.07) is 18.8. The second-order valence-electron chi connectivity index (χ2n) is 9.00. The molecule has 0 aliphatic carbocycles. The number of aromatic nitrogens is 1. The molecule has 1 aliphatic heterocycles. The van der Waals surface area contributed by atoms with Crippen LogP contribution in [-0.2, 0) is 6.42 Å². The number of methoxy groups -OCH3 is 4. The molecule has 1 atom stereocenters.